The fourth-order valence-corrected chi connectivity index (χ4v) is 5.24. The Morgan fingerprint density at radius 2 is 1.05 bits per heavy atom. The lowest BCUT2D eigenvalue weighted by Crippen LogP contribution is -2.22. The Kier molecular flexibility index (Phi) is 6.58. The van der Waals surface area contributed by atoms with Crippen molar-refractivity contribution in [2.75, 3.05) is 0 Å². The second kappa shape index (κ2) is 10.4. The summed E-state index contributed by atoms with van der Waals surface area (Å²) in [5.41, 5.74) is 2.26. The summed E-state index contributed by atoms with van der Waals surface area (Å²) in [5, 5.41) is 23.3. The lowest BCUT2D eigenvalue weighted by molar-refractivity contribution is -0.385. The molecule has 0 atom stereocenters. The zero-order valence-corrected chi connectivity index (χ0v) is 22.9. The number of fused-ring (bicyclic) bond motifs is 2. The molecular formula is C31H22N6O6. The first-order valence-electron chi connectivity index (χ1n) is 13.1. The molecule has 12 nitrogen and oxygen atoms in total. The standard InChI is InChI=1S/C31H22N6O6/c1-18-32-28-11-9-20(14-26(28)30(38)34(18)22-5-3-7-24(16-22)36(40)41)13-21-10-12-29-27(15-21)31(39)35(19(2)33-29)23-6-4-8-25(17-23)37(42)43/h3-12,14-17H,13H2,1-2H3. The summed E-state index contributed by atoms with van der Waals surface area (Å²) >= 11 is 0. The van der Waals surface area contributed by atoms with E-state index >= 15 is 0 Å². The van der Waals surface area contributed by atoms with Crippen LogP contribution in [-0.2, 0) is 6.42 Å². The molecule has 6 aromatic rings. The quantitative estimate of drug-likeness (QED) is 0.196. The maximum absolute atomic E-state index is 13.6. The lowest BCUT2D eigenvalue weighted by Gasteiger charge is -2.12. The fraction of sp³-hybridized carbons (Fsp3) is 0.0968. The van der Waals surface area contributed by atoms with Crippen LogP contribution in [0.5, 0.6) is 0 Å². The molecule has 0 saturated carbocycles. The molecule has 12 heteroatoms. The van der Waals surface area contributed by atoms with Gasteiger partial charge in [0.1, 0.15) is 11.6 Å². The summed E-state index contributed by atoms with van der Waals surface area (Å²) in [7, 11) is 0. The van der Waals surface area contributed by atoms with E-state index in [2.05, 4.69) is 9.97 Å². The minimum Gasteiger partial charge on any atom is -0.268 e. The van der Waals surface area contributed by atoms with Crippen molar-refractivity contribution in [3.05, 3.63) is 149 Å². The van der Waals surface area contributed by atoms with Gasteiger partial charge in [-0.2, -0.15) is 0 Å². The highest BCUT2D eigenvalue weighted by Crippen LogP contribution is 2.22. The van der Waals surface area contributed by atoms with Crippen LogP contribution in [0.2, 0.25) is 0 Å². The second-order valence-corrected chi connectivity index (χ2v) is 10.0. The SMILES string of the molecule is Cc1nc2ccc(Cc3ccc4nc(C)n(-c5cccc([N+](=O)[O-])c5)c(=O)c4c3)cc2c(=O)n1-c1cccc([N+](=O)[O-])c1. The smallest absolute Gasteiger partial charge is 0.268 e. The molecule has 0 N–H and O–H groups in total. The van der Waals surface area contributed by atoms with E-state index in [4.69, 9.17) is 0 Å². The number of hydrogen-bond acceptors (Lipinski definition) is 8. The molecule has 0 aliphatic carbocycles. The van der Waals surface area contributed by atoms with Crippen molar-refractivity contribution in [1.82, 2.24) is 19.1 Å². The van der Waals surface area contributed by atoms with Crippen LogP contribution in [-0.4, -0.2) is 28.9 Å². The maximum atomic E-state index is 13.6. The predicted octanol–water partition coefficient (Wildman–Crippen LogP) is 5.11. The molecule has 0 amide bonds. The normalized spacial score (nSPS) is 11.2. The first-order valence-corrected chi connectivity index (χ1v) is 13.1. The average Bonchev–Trinajstić information content (AvgIpc) is 2.98. The number of aryl methyl sites for hydroxylation is 2. The molecule has 212 valence electrons. The van der Waals surface area contributed by atoms with Crippen LogP contribution in [0.15, 0.2) is 94.5 Å². The minimum atomic E-state index is -0.519. The molecule has 4 aromatic carbocycles. The Balaban J connectivity index is 1.41. The van der Waals surface area contributed by atoms with Crippen LogP contribution >= 0.6 is 0 Å². The second-order valence-electron chi connectivity index (χ2n) is 10.0. The number of benzene rings is 4. The highest BCUT2D eigenvalue weighted by Gasteiger charge is 2.16. The summed E-state index contributed by atoms with van der Waals surface area (Å²) in [5.74, 6) is 0.784. The number of nitrogens with zero attached hydrogens (tertiary/aromatic N) is 6. The first kappa shape index (κ1) is 27.1. The van der Waals surface area contributed by atoms with E-state index in [1.54, 1.807) is 50.2 Å². The van der Waals surface area contributed by atoms with Crippen LogP contribution in [0.25, 0.3) is 33.2 Å². The third kappa shape index (κ3) is 4.90. The predicted molar refractivity (Wildman–Crippen MR) is 160 cm³/mol. The summed E-state index contributed by atoms with van der Waals surface area (Å²) in [4.78, 5) is 57.8. The molecule has 0 aliphatic heterocycles. The molecule has 43 heavy (non-hydrogen) atoms. The minimum absolute atomic E-state index is 0.136. The third-order valence-corrected chi connectivity index (χ3v) is 7.21. The monoisotopic (exact) mass is 574 g/mol. The van der Waals surface area contributed by atoms with Gasteiger partial charge in [0, 0.05) is 24.3 Å². The van der Waals surface area contributed by atoms with Gasteiger partial charge in [-0.3, -0.25) is 39.0 Å². The van der Waals surface area contributed by atoms with Crippen LogP contribution in [0.1, 0.15) is 22.8 Å². The van der Waals surface area contributed by atoms with Gasteiger partial charge in [-0.15, -0.1) is 0 Å². The molecule has 2 aromatic heterocycles. The number of nitro groups is 2. The molecule has 0 radical (unpaired) electrons. The van der Waals surface area contributed by atoms with Crippen molar-refractivity contribution in [2.45, 2.75) is 20.3 Å². The van der Waals surface area contributed by atoms with Crippen molar-refractivity contribution in [3.63, 3.8) is 0 Å². The summed E-state index contributed by atoms with van der Waals surface area (Å²) < 4.78 is 2.69. The van der Waals surface area contributed by atoms with Gasteiger partial charge in [0.2, 0.25) is 0 Å². The topological polar surface area (TPSA) is 156 Å². The molecule has 0 saturated heterocycles. The maximum Gasteiger partial charge on any atom is 0.271 e. The lowest BCUT2D eigenvalue weighted by atomic mass is 10.0. The van der Waals surface area contributed by atoms with E-state index in [-0.39, 0.29) is 22.5 Å². The summed E-state index contributed by atoms with van der Waals surface area (Å²) in [6.07, 6.45) is 0.389. The molecule has 2 heterocycles. The van der Waals surface area contributed by atoms with Gasteiger partial charge >= 0.3 is 0 Å². The molecular weight excluding hydrogens is 552 g/mol. The van der Waals surface area contributed by atoms with E-state index in [0.717, 1.165) is 11.1 Å². The molecule has 0 unspecified atom stereocenters. The van der Waals surface area contributed by atoms with Gasteiger partial charge in [-0.25, -0.2) is 9.97 Å². The van der Waals surface area contributed by atoms with E-state index in [1.807, 2.05) is 12.1 Å². The third-order valence-electron chi connectivity index (χ3n) is 7.21. The Labute approximate surface area is 242 Å². The Morgan fingerprint density at radius 1 is 0.628 bits per heavy atom. The fourth-order valence-electron chi connectivity index (χ4n) is 5.24. The first-order chi connectivity index (χ1) is 20.6. The van der Waals surface area contributed by atoms with Crippen LogP contribution in [0, 0.1) is 34.1 Å². The molecule has 0 bridgehead atoms. The Morgan fingerprint density at radius 3 is 1.44 bits per heavy atom. The summed E-state index contributed by atoms with van der Waals surface area (Å²) in [6, 6.07) is 22.3. The van der Waals surface area contributed by atoms with E-state index in [0.29, 0.717) is 51.3 Å². The van der Waals surface area contributed by atoms with Crippen molar-refractivity contribution in [2.24, 2.45) is 0 Å². The number of hydrogen-bond donors (Lipinski definition) is 0. The number of nitro benzene ring substituents is 2. The van der Waals surface area contributed by atoms with Gasteiger partial charge in [-0.05, 0) is 67.8 Å². The van der Waals surface area contributed by atoms with Crippen molar-refractivity contribution in [1.29, 1.82) is 0 Å². The number of non-ortho nitro benzene ring substituents is 2. The highest BCUT2D eigenvalue weighted by molar-refractivity contribution is 5.80. The molecule has 0 spiro atoms. The van der Waals surface area contributed by atoms with Gasteiger partial charge in [-0.1, -0.05) is 24.3 Å². The van der Waals surface area contributed by atoms with Crippen LogP contribution in [0.4, 0.5) is 11.4 Å². The van der Waals surface area contributed by atoms with Crippen molar-refractivity contribution >= 4 is 33.2 Å². The Hall–Kier alpha value is -6.04. The van der Waals surface area contributed by atoms with Gasteiger partial charge < -0.3 is 0 Å². The number of rotatable bonds is 6. The van der Waals surface area contributed by atoms with Crippen molar-refractivity contribution < 1.29 is 9.85 Å². The molecule has 0 aliphatic rings. The largest absolute Gasteiger partial charge is 0.271 e. The van der Waals surface area contributed by atoms with E-state index in [9.17, 15) is 29.8 Å². The Bertz CT molecular complexity index is 2100. The van der Waals surface area contributed by atoms with Gasteiger partial charge in [0.15, 0.2) is 0 Å². The highest BCUT2D eigenvalue weighted by atomic mass is 16.6. The average molecular weight is 575 g/mol. The zero-order chi connectivity index (χ0) is 30.4. The van der Waals surface area contributed by atoms with Gasteiger partial charge in [0.05, 0.1) is 43.0 Å². The molecule has 6 rings (SSSR count). The van der Waals surface area contributed by atoms with Crippen LogP contribution < -0.4 is 11.1 Å². The van der Waals surface area contributed by atoms with Gasteiger partial charge in [0.25, 0.3) is 22.5 Å². The molecule has 0 fully saturated rings. The summed E-state index contributed by atoms with van der Waals surface area (Å²) in [6.45, 7) is 3.33. The van der Waals surface area contributed by atoms with Crippen LogP contribution in [0.3, 0.4) is 0 Å². The van der Waals surface area contributed by atoms with E-state index in [1.165, 1.54) is 45.5 Å². The van der Waals surface area contributed by atoms with E-state index < -0.39 is 9.85 Å². The number of aromatic nitrogens is 4. The zero-order valence-electron chi connectivity index (χ0n) is 22.9. The van der Waals surface area contributed by atoms with Crippen molar-refractivity contribution in [3.8, 4) is 11.4 Å².